The highest BCUT2D eigenvalue weighted by atomic mass is 35.5. The first-order chi connectivity index (χ1) is 18.8. The fraction of sp³-hybridized carbons (Fsp3) is 0.0645. The summed E-state index contributed by atoms with van der Waals surface area (Å²) in [7, 11) is 0. The number of fused-ring (bicyclic) bond motifs is 3. The monoisotopic (exact) mass is 535 g/mol. The lowest BCUT2D eigenvalue weighted by Gasteiger charge is -2.17. The molecule has 4 N–H and O–H groups in total. The zero-order chi connectivity index (χ0) is 27.3. The minimum Gasteiger partial charge on any atom is -0.508 e. The van der Waals surface area contributed by atoms with Crippen LogP contribution in [0.4, 0.5) is 5.69 Å². The third kappa shape index (κ3) is 4.23. The number of anilines is 1. The van der Waals surface area contributed by atoms with Crippen molar-refractivity contribution in [2.75, 3.05) is 5.32 Å². The molecule has 8 heteroatoms. The number of nitrogens with one attached hydrogen (secondary N) is 1. The smallest absolute Gasteiger partial charge is 0.336 e. The van der Waals surface area contributed by atoms with Crippen LogP contribution >= 0.6 is 11.6 Å². The van der Waals surface area contributed by atoms with Crippen LogP contribution in [-0.2, 0) is 6.54 Å². The van der Waals surface area contributed by atoms with Crippen molar-refractivity contribution in [3.8, 4) is 22.6 Å². The number of hydrogen-bond acceptors (Lipinski definition) is 6. The van der Waals surface area contributed by atoms with Crippen molar-refractivity contribution < 1.29 is 20.1 Å². The Hall–Kier alpha value is -4.88. The van der Waals surface area contributed by atoms with Crippen LogP contribution in [-0.4, -0.2) is 31.3 Å². The molecule has 4 aromatic carbocycles. The van der Waals surface area contributed by atoms with Crippen LogP contribution < -0.4 is 5.32 Å². The molecule has 6 aromatic rings. The number of carboxylic acid groups (broad SMARTS) is 1. The Bertz CT molecular complexity index is 1960. The maximum Gasteiger partial charge on any atom is 0.336 e. The lowest BCUT2D eigenvalue weighted by Crippen LogP contribution is -2.04. The maximum atomic E-state index is 12.2. The number of hydrogen-bond donors (Lipinski definition) is 4. The molecule has 0 fully saturated rings. The van der Waals surface area contributed by atoms with Gasteiger partial charge < -0.3 is 20.6 Å². The van der Waals surface area contributed by atoms with Gasteiger partial charge in [-0.25, -0.2) is 9.78 Å². The Morgan fingerprint density at radius 1 is 0.872 bits per heavy atom. The Balaban J connectivity index is 1.60. The Labute approximate surface area is 228 Å². The summed E-state index contributed by atoms with van der Waals surface area (Å²) in [5, 5.41) is 37.0. The van der Waals surface area contributed by atoms with Crippen LogP contribution in [0.2, 0.25) is 5.02 Å². The first-order valence-electron chi connectivity index (χ1n) is 12.2. The highest BCUT2D eigenvalue weighted by Crippen LogP contribution is 2.42. The van der Waals surface area contributed by atoms with E-state index in [1.165, 1.54) is 12.1 Å². The van der Waals surface area contributed by atoms with Crippen LogP contribution in [0.3, 0.4) is 0 Å². The maximum absolute atomic E-state index is 12.2. The number of aromatic nitrogens is 2. The summed E-state index contributed by atoms with van der Waals surface area (Å²) < 4.78 is 0. The SMILES string of the molecule is Cc1ccc2cccc(NCc3c(O)ccc4c(-c5ccccc5C(=O)O)c5cc(Cl)c(O)cc5nc34)c2n1. The molecule has 0 atom stereocenters. The van der Waals surface area contributed by atoms with E-state index in [0.717, 1.165) is 22.3 Å². The number of benzene rings is 4. The van der Waals surface area contributed by atoms with Gasteiger partial charge in [-0.05, 0) is 48.9 Å². The summed E-state index contributed by atoms with van der Waals surface area (Å²) >= 11 is 6.28. The second kappa shape index (κ2) is 9.45. The lowest BCUT2D eigenvalue weighted by molar-refractivity contribution is 0.0697. The van der Waals surface area contributed by atoms with Crippen LogP contribution in [0, 0.1) is 6.92 Å². The minimum absolute atomic E-state index is 0.0295. The third-order valence-electron chi connectivity index (χ3n) is 6.84. The number of pyridine rings is 2. The molecule has 2 aromatic heterocycles. The molecule has 0 aliphatic carbocycles. The average molecular weight is 536 g/mol. The van der Waals surface area contributed by atoms with Crippen molar-refractivity contribution in [2.45, 2.75) is 13.5 Å². The zero-order valence-corrected chi connectivity index (χ0v) is 21.5. The van der Waals surface area contributed by atoms with Gasteiger partial charge in [0.1, 0.15) is 11.5 Å². The molecular weight excluding hydrogens is 514 g/mol. The van der Waals surface area contributed by atoms with Gasteiger partial charge in [-0.15, -0.1) is 0 Å². The lowest BCUT2D eigenvalue weighted by atomic mass is 9.91. The number of aryl methyl sites for hydroxylation is 1. The quantitative estimate of drug-likeness (QED) is 0.171. The van der Waals surface area contributed by atoms with Crippen LogP contribution in [0.25, 0.3) is 43.8 Å². The minimum atomic E-state index is -1.08. The van der Waals surface area contributed by atoms with Crippen molar-refractivity contribution in [3.63, 3.8) is 0 Å². The highest BCUT2D eigenvalue weighted by molar-refractivity contribution is 6.33. The molecule has 0 aliphatic rings. The van der Waals surface area contributed by atoms with Gasteiger partial charge in [0, 0.05) is 45.6 Å². The van der Waals surface area contributed by atoms with E-state index in [-0.39, 0.29) is 28.6 Å². The summed E-state index contributed by atoms with van der Waals surface area (Å²) in [6.45, 7) is 2.15. The molecule has 2 heterocycles. The number of nitrogens with zero attached hydrogens (tertiary/aromatic N) is 2. The van der Waals surface area contributed by atoms with Gasteiger partial charge in [0.15, 0.2) is 0 Å². The summed E-state index contributed by atoms with van der Waals surface area (Å²) in [5.41, 5.74) is 5.08. The van der Waals surface area contributed by atoms with Gasteiger partial charge in [0.2, 0.25) is 0 Å². The second-order valence-electron chi connectivity index (χ2n) is 9.30. The van der Waals surface area contributed by atoms with Gasteiger partial charge >= 0.3 is 5.97 Å². The number of para-hydroxylation sites is 1. The molecular formula is C31H22ClN3O4. The Morgan fingerprint density at radius 3 is 2.51 bits per heavy atom. The summed E-state index contributed by atoms with van der Waals surface area (Å²) in [5.74, 6) is -1.19. The fourth-order valence-electron chi connectivity index (χ4n) is 4.99. The van der Waals surface area contributed by atoms with Crippen molar-refractivity contribution in [2.24, 2.45) is 0 Å². The van der Waals surface area contributed by atoms with E-state index in [1.54, 1.807) is 36.4 Å². The largest absolute Gasteiger partial charge is 0.508 e. The van der Waals surface area contributed by atoms with E-state index < -0.39 is 5.97 Å². The molecule has 0 radical (unpaired) electrons. The van der Waals surface area contributed by atoms with Gasteiger partial charge in [0.25, 0.3) is 0 Å². The van der Waals surface area contributed by atoms with Gasteiger partial charge in [-0.2, -0.15) is 0 Å². The second-order valence-corrected chi connectivity index (χ2v) is 9.71. The number of phenols is 2. The normalized spacial score (nSPS) is 11.3. The van der Waals surface area contributed by atoms with Crippen LogP contribution in [0.1, 0.15) is 21.6 Å². The van der Waals surface area contributed by atoms with E-state index >= 15 is 0 Å². The molecule has 7 nitrogen and oxygen atoms in total. The Morgan fingerprint density at radius 2 is 1.69 bits per heavy atom. The van der Waals surface area contributed by atoms with E-state index in [4.69, 9.17) is 16.6 Å². The molecule has 39 heavy (non-hydrogen) atoms. The first kappa shape index (κ1) is 24.5. The van der Waals surface area contributed by atoms with Crippen LogP contribution in [0.15, 0.2) is 78.9 Å². The molecule has 0 spiro atoms. The standard InChI is InChI=1S/C31H22ClN3O4/c1-16-9-10-17-5-4-8-24(29(17)34-16)33-15-22-26(36)12-11-20-28(18-6-2-3-7-19(18)31(38)39)21-13-23(32)27(37)14-25(21)35-30(20)22/h2-14,33,36-37H,15H2,1H3,(H,38,39). The molecule has 0 saturated heterocycles. The number of carbonyl (C=O) groups is 1. The predicted molar refractivity (Wildman–Crippen MR) is 154 cm³/mol. The summed E-state index contributed by atoms with van der Waals surface area (Å²) in [4.78, 5) is 21.6. The molecule has 6 rings (SSSR count). The number of phenolic OH excluding ortho intramolecular Hbond substituents is 2. The topological polar surface area (TPSA) is 116 Å². The molecule has 0 aliphatic heterocycles. The van der Waals surface area contributed by atoms with Crippen molar-refractivity contribution >= 4 is 56.0 Å². The molecule has 0 bridgehead atoms. The van der Waals surface area contributed by atoms with Crippen molar-refractivity contribution in [1.82, 2.24) is 9.97 Å². The zero-order valence-electron chi connectivity index (χ0n) is 20.7. The predicted octanol–water partition coefficient (Wildman–Crippen LogP) is 7.29. The van der Waals surface area contributed by atoms with Gasteiger partial charge in [0.05, 0.1) is 32.8 Å². The molecule has 0 unspecified atom stereocenters. The van der Waals surface area contributed by atoms with Crippen molar-refractivity contribution in [3.05, 3.63) is 101 Å². The molecule has 0 saturated carbocycles. The number of aromatic carboxylic acids is 1. The molecule has 192 valence electrons. The number of rotatable bonds is 5. The van der Waals surface area contributed by atoms with E-state index in [0.29, 0.717) is 38.5 Å². The number of aromatic hydroxyl groups is 2. The number of carboxylic acids is 1. The first-order valence-corrected chi connectivity index (χ1v) is 12.6. The third-order valence-corrected chi connectivity index (χ3v) is 7.14. The van der Waals surface area contributed by atoms with Gasteiger partial charge in [-0.3, -0.25) is 4.98 Å². The summed E-state index contributed by atoms with van der Waals surface area (Å²) in [6, 6.07) is 22.8. The molecule has 0 amide bonds. The van der Waals surface area contributed by atoms with E-state index in [1.807, 2.05) is 37.3 Å². The highest BCUT2D eigenvalue weighted by Gasteiger charge is 2.21. The average Bonchev–Trinajstić information content (AvgIpc) is 2.92. The van der Waals surface area contributed by atoms with E-state index in [2.05, 4.69) is 10.3 Å². The van der Waals surface area contributed by atoms with E-state index in [9.17, 15) is 20.1 Å². The fourth-order valence-corrected chi connectivity index (χ4v) is 5.15. The Kier molecular flexibility index (Phi) is 5.93. The number of halogens is 1. The van der Waals surface area contributed by atoms with Crippen molar-refractivity contribution in [1.29, 1.82) is 0 Å². The van der Waals surface area contributed by atoms with Gasteiger partial charge in [-0.1, -0.05) is 48.0 Å². The van der Waals surface area contributed by atoms with Crippen LogP contribution in [0.5, 0.6) is 11.5 Å². The summed E-state index contributed by atoms with van der Waals surface area (Å²) in [6.07, 6.45) is 0.